The molecule has 1 amide bonds. The zero-order valence-electron chi connectivity index (χ0n) is 17.4. The highest BCUT2D eigenvalue weighted by molar-refractivity contribution is 5.92. The third-order valence-corrected chi connectivity index (χ3v) is 5.40. The van der Waals surface area contributed by atoms with Gasteiger partial charge in [0.25, 0.3) is 0 Å². The number of carbonyl (C=O) groups is 1. The van der Waals surface area contributed by atoms with Crippen LogP contribution in [0.5, 0.6) is 0 Å². The minimum atomic E-state index is -0.351. The molecule has 0 spiro atoms. The average Bonchev–Trinajstić information content (AvgIpc) is 2.82. The van der Waals surface area contributed by atoms with Crippen molar-refractivity contribution in [2.24, 2.45) is 0 Å². The zero-order chi connectivity index (χ0) is 21.8. The third kappa shape index (κ3) is 4.38. The van der Waals surface area contributed by atoms with Gasteiger partial charge in [-0.1, -0.05) is 42.5 Å². The van der Waals surface area contributed by atoms with E-state index in [0.29, 0.717) is 5.56 Å². The van der Waals surface area contributed by atoms with Gasteiger partial charge in [-0.2, -0.15) is 0 Å². The van der Waals surface area contributed by atoms with E-state index in [-0.39, 0.29) is 24.2 Å². The molecular weight excluding hydrogens is 391 g/mol. The molecule has 156 valence electrons. The second kappa shape index (κ2) is 8.92. The summed E-state index contributed by atoms with van der Waals surface area (Å²) in [4.78, 5) is 21.1. The number of amides is 1. The number of rotatable bonds is 6. The summed E-state index contributed by atoms with van der Waals surface area (Å²) in [5, 5.41) is 6.81. The zero-order valence-corrected chi connectivity index (χ0v) is 17.4. The average molecular weight is 414 g/mol. The molecule has 0 radical (unpaired) electrons. The summed E-state index contributed by atoms with van der Waals surface area (Å²) in [6, 6.07) is 20.3. The van der Waals surface area contributed by atoms with Crippen molar-refractivity contribution in [1.82, 2.24) is 15.3 Å². The molecule has 0 saturated carbocycles. The summed E-state index contributed by atoms with van der Waals surface area (Å²) in [6.07, 6.45) is 1.52. The van der Waals surface area contributed by atoms with Crippen molar-refractivity contribution in [3.05, 3.63) is 90.0 Å². The molecule has 4 rings (SSSR count). The van der Waals surface area contributed by atoms with Gasteiger partial charge in [0.2, 0.25) is 5.91 Å². The number of benzene rings is 3. The smallest absolute Gasteiger partial charge is 0.227 e. The predicted octanol–water partition coefficient (Wildman–Crippen LogP) is 4.90. The number of halogens is 1. The van der Waals surface area contributed by atoms with E-state index < -0.39 is 0 Å². The number of anilines is 1. The van der Waals surface area contributed by atoms with Gasteiger partial charge in [0, 0.05) is 24.5 Å². The lowest BCUT2D eigenvalue weighted by molar-refractivity contribution is -0.122. The van der Waals surface area contributed by atoms with E-state index in [0.717, 1.165) is 33.4 Å². The van der Waals surface area contributed by atoms with Crippen LogP contribution in [0.3, 0.4) is 0 Å². The summed E-state index contributed by atoms with van der Waals surface area (Å²) >= 11 is 0. The second-order valence-electron chi connectivity index (χ2n) is 7.36. The quantitative estimate of drug-likeness (QED) is 0.471. The molecule has 0 aliphatic rings. The van der Waals surface area contributed by atoms with Gasteiger partial charge in [0.15, 0.2) is 0 Å². The van der Waals surface area contributed by atoms with E-state index in [1.807, 2.05) is 62.5 Å². The molecule has 5 nitrogen and oxygen atoms in total. The van der Waals surface area contributed by atoms with Crippen molar-refractivity contribution >= 4 is 22.6 Å². The van der Waals surface area contributed by atoms with Gasteiger partial charge in [-0.15, -0.1) is 0 Å². The van der Waals surface area contributed by atoms with Crippen molar-refractivity contribution in [2.75, 3.05) is 12.4 Å². The van der Waals surface area contributed by atoms with Crippen molar-refractivity contribution in [1.29, 1.82) is 0 Å². The Balaban J connectivity index is 1.56. The van der Waals surface area contributed by atoms with Crippen LogP contribution in [0.4, 0.5) is 10.2 Å². The number of fused-ring (bicyclic) bond motifs is 1. The molecule has 1 heterocycles. The van der Waals surface area contributed by atoms with Crippen LogP contribution in [-0.2, 0) is 11.3 Å². The van der Waals surface area contributed by atoms with Crippen LogP contribution in [0.15, 0.2) is 73.1 Å². The lowest BCUT2D eigenvalue weighted by Gasteiger charge is -2.14. The topological polar surface area (TPSA) is 66.9 Å². The fraction of sp³-hybridized carbons (Fsp3) is 0.160. The Kier molecular flexibility index (Phi) is 5.89. The first-order valence-corrected chi connectivity index (χ1v) is 10.1. The molecule has 6 heteroatoms. The van der Waals surface area contributed by atoms with Gasteiger partial charge >= 0.3 is 0 Å². The van der Waals surface area contributed by atoms with E-state index in [4.69, 9.17) is 0 Å². The van der Waals surface area contributed by atoms with E-state index >= 15 is 0 Å². The number of nitrogens with zero attached hydrogens (tertiary/aromatic N) is 2. The first-order valence-electron chi connectivity index (χ1n) is 10.1. The second-order valence-corrected chi connectivity index (χ2v) is 7.36. The monoisotopic (exact) mass is 414 g/mol. The number of carbonyl (C=O) groups excluding carboxylic acids is 1. The number of hydrogen-bond acceptors (Lipinski definition) is 4. The van der Waals surface area contributed by atoms with Gasteiger partial charge in [0.1, 0.15) is 18.0 Å². The Morgan fingerprint density at radius 2 is 1.74 bits per heavy atom. The van der Waals surface area contributed by atoms with Gasteiger partial charge < -0.3 is 10.6 Å². The summed E-state index contributed by atoms with van der Waals surface area (Å²) in [7, 11) is 1.81. The van der Waals surface area contributed by atoms with Crippen LogP contribution in [0.1, 0.15) is 24.0 Å². The minimum absolute atomic E-state index is 0.119. The van der Waals surface area contributed by atoms with Crippen molar-refractivity contribution in [2.45, 2.75) is 19.4 Å². The fourth-order valence-corrected chi connectivity index (χ4v) is 3.55. The molecule has 0 saturated heterocycles. The van der Waals surface area contributed by atoms with Crippen molar-refractivity contribution < 1.29 is 9.18 Å². The SMILES string of the molecule is CNc1ncnc2ccc(-c3ccc(F)c(CNC(=O)C(C)c4ccccc4)c3)cc12. The Hall–Kier alpha value is -3.80. The number of hydrogen-bond donors (Lipinski definition) is 2. The van der Waals surface area contributed by atoms with Gasteiger partial charge in [-0.3, -0.25) is 4.79 Å². The fourth-order valence-electron chi connectivity index (χ4n) is 3.55. The number of aromatic nitrogens is 2. The third-order valence-electron chi connectivity index (χ3n) is 5.40. The molecular formula is C25H23FN4O. The first-order chi connectivity index (χ1) is 15.1. The standard InChI is InChI=1S/C25H23FN4O/c1-16(17-6-4-3-5-7-17)25(31)28-14-20-12-18(8-10-22(20)26)19-9-11-23-21(13-19)24(27-2)30-15-29-23/h3-13,15-16H,14H2,1-2H3,(H,28,31)(H,27,29,30). The molecule has 0 fully saturated rings. The van der Waals surface area contributed by atoms with Crippen molar-refractivity contribution in [3.8, 4) is 11.1 Å². The highest BCUT2D eigenvalue weighted by Gasteiger charge is 2.15. The van der Waals surface area contributed by atoms with E-state index in [2.05, 4.69) is 20.6 Å². The molecule has 1 unspecified atom stereocenters. The minimum Gasteiger partial charge on any atom is -0.373 e. The van der Waals surface area contributed by atoms with Gasteiger partial charge in [0.05, 0.1) is 11.4 Å². The lowest BCUT2D eigenvalue weighted by atomic mass is 9.99. The summed E-state index contributed by atoms with van der Waals surface area (Å²) in [5.74, 6) is -0.0711. The van der Waals surface area contributed by atoms with Crippen LogP contribution in [0.25, 0.3) is 22.0 Å². The molecule has 2 N–H and O–H groups in total. The molecule has 1 atom stereocenters. The Morgan fingerprint density at radius 3 is 2.52 bits per heavy atom. The highest BCUT2D eigenvalue weighted by atomic mass is 19.1. The van der Waals surface area contributed by atoms with E-state index in [9.17, 15) is 9.18 Å². The lowest BCUT2D eigenvalue weighted by Crippen LogP contribution is -2.27. The molecule has 1 aromatic heterocycles. The summed E-state index contributed by atoms with van der Waals surface area (Å²) in [5.41, 5.74) is 3.96. The molecule has 31 heavy (non-hydrogen) atoms. The van der Waals surface area contributed by atoms with E-state index in [1.54, 1.807) is 12.1 Å². The molecule has 0 bridgehead atoms. The predicted molar refractivity (Wildman–Crippen MR) is 121 cm³/mol. The van der Waals surface area contributed by atoms with Crippen LogP contribution in [0, 0.1) is 5.82 Å². The Labute approximate surface area is 180 Å². The van der Waals surface area contributed by atoms with E-state index in [1.165, 1.54) is 12.4 Å². The summed E-state index contributed by atoms with van der Waals surface area (Å²) < 4.78 is 14.5. The highest BCUT2D eigenvalue weighted by Crippen LogP contribution is 2.28. The van der Waals surface area contributed by atoms with Crippen LogP contribution < -0.4 is 10.6 Å². The van der Waals surface area contributed by atoms with Crippen molar-refractivity contribution in [3.63, 3.8) is 0 Å². The Bertz CT molecular complexity index is 1230. The first kappa shape index (κ1) is 20.5. The maximum Gasteiger partial charge on any atom is 0.227 e. The molecule has 3 aromatic carbocycles. The molecule has 4 aromatic rings. The summed E-state index contributed by atoms with van der Waals surface area (Å²) in [6.45, 7) is 1.96. The molecule has 0 aliphatic carbocycles. The number of nitrogens with one attached hydrogen (secondary N) is 2. The largest absolute Gasteiger partial charge is 0.373 e. The Morgan fingerprint density at radius 1 is 1.00 bits per heavy atom. The van der Waals surface area contributed by atoms with Gasteiger partial charge in [-0.25, -0.2) is 14.4 Å². The maximum absolute atomic E-state index is 14.5. The maximum atomic E-state index is 14.5. The van der Waals surface area contributed by atoms with Crippen LogP contribution >= 0.6 is 0 Å². The van der Waals surface area contributed by atoms with Gasteiger partial charge in [-0.05, 0) is 47.9 Å². The molecule has 0 aliphatic heterocycles. The van der Waals surface area contributed by atoms with Crippen LogP contribution in [-0.4, -0.2) is 22.9 Å². The van der Waals surface area contributed by atoms with Crippen LogP contribution in [0.2, 0.25) is 0 Å². The normalized spacial score (nSPS) is 11.8.